The molecule has 0 aromatic rings. The molecule has 0 bridgehead atoms. The first kappa shape index (κ1) is 79.2. The van der Waals surface area contributed by atoms with Crippen molar-refractivity contribution in [2.24, 2.45) is 105 Å². The van der Waals surface area contributed by atoms with Crippen LogP contribution in [0, 0.1) is 105 Å². The van der Waals surface area contributed by atoms with E-state index in [0.29, 0.717) is 102 Å². The number of rotatable bonds is 9. The van der Waals surface area contributed by atoms with Crippen molar-refractivity contribution in [2.75, 3.05) is 72.7 Å². The Labute approximate surface area is 654 Å². The van der Waals surface area contributed by atoms with Crippen molar-refractivity contribution in [1.82, 2.24) is 24.3 Å². The van der Waals surface area contributed by atoms with Gasteiger partial charge < -0.3 is 29.1 Å². The number of ketones is 2. The molecular weight excluding hydrogens is 1360 g/mol. The lowest BCUT2D eigenvalue weighted by molar-refractivity contribution is -0.117. The first-order valence-corrected chi connectivity index (χ1v) is 46.7. The second-order valence-corrected chi connectivity index (χ2v) is 44.2. The van der Waals surface area contributed by atoms with Crippen LogP contribution >= 0.6 is 0 Å². The molecule has 14 heteroatoms. The van der Waals surface area contributed by atoms with Crippen molar-refractivity contribution in [3.63, 3.8) is 0 Å². The summed E-state index contributed by atoms with van der Waals surface area (Å²) in [4.78, 5) is 34.7. The topological polar surface area (TPSA) is 141 Å². The van der Waals surface area contributed by atoms with E-state index in [1.165, 1.54) is 114 Å². The molecule has 0 radical (unpaired) electrons. The molecule has 28 atom stereocenters. The van der Waals surface area contributed by atoms with Crippen LogP contribution in [0.3, 0.4) is 0 Å². The number of allylic oxidation sites excluding steroid dienone is 8. The number of aliphatic hydroxyl groups excluding tert-OH is 1. The summed E-state index contributed by atoms with van der Waals surface area (Å²) in [6.07, 6.45) is 39.0. The highest BCUT2D eigenvalue weighted by atomic mass is 32.2. The number of ether oxygens (including phenoxy) is 3. The molecule has 12 aliphatic carbocycles. The molecule has 18 rings (SSSR count). The second-order valence-electron chi connectivity index (χ2n) is 42.2. The number of aliphatic hydroxyl groups is 1. The molecule has 13 nitrogen and oxygen atoms in total. The summed E-state index contributed by atoms with van der Waals surface area (Å²) in [5.41, 5.74) is 15.5. The quantitative estimate of drug-likeness (QED) is 0.212. The average Bonchev–Trinajstić information content (AvgIpc) is 1.68. The van der Waals surface area contributed by atoms with E-state index in [-0.39, 0.29) is 45.6 Å². The van der Waals surface area contributed by atoms with Crippen LogP contribution in [0.2, 0.25) is 0 Å². The molecule has 18 aliphatic rings. The number of carbonyl (C=O) groups is 2. The molecule has 108 heavy (non-hydrogen) atoms. The second kappa shape index (κ2) is 29.8. The van der Waals surface area contributed by atoms with Gasteiger partial charge in [-0.15, -0.1) is 0 Å². The Balaban J connectivity index is 0.000000124. The van der Waals surface area contributed by atoms with E-state index >= 15 is 0 Å². The largest absolute Gasteiger partial charge is 0.393 e. The lowest BCUT2D eigenvalue weighted by Gasteiger charge is -2.49. The van der Waals surface area contributed by atoms with Crippen LogP contribution in [-0.2, 0) is 33.8 Å². The smallest absolute Gasteiger partial charge is 0.211 e. The number of nitrogens with one attached hydrogen (secondary N) is 1. The van der Waals surface area contributed by atoms with E-state index in [9.17, 15) is 23.1 Å². The van der Waals surface area contributed by atoms with Gasteiger partial charge in [0.15, 0.2) is 11.6 Å². The summed E-state index contributed by atoms with van der Waals surface area (Å²) < 4.78 is 48.9. The lowest BCUT2D eigenvalue weighted by atomic mass is 9.56. The van der Waals surface area contributed by atoms with E-state index in [4.69, 9.17) is 14.2 Å². The maximum Gasteiger partial charge on any atom is 0.211 e. The summed E-state index contributed by atoms with van der Waals surface area (Å²) >= 11 is 0. The zero-order valence-corrected chi connectivity index (χ0v) is 71.2. The van der Waals surface area contributed by atoms with Gasteiger partial charge in [0.2, 0.25) is 10.0 Å². The third-order valence-corrected chi connectivity index (χ3v) is 37.3. The first-order valence-electron chi connectivity index (χ1n) is 45.0. The number of hydrogen-bond acceptors (Lipinski definition) is 12. The van der Waals surface area contributed by atoms with Crippen molar-refractivity contribution < 1.29 is 37.3 Å². The zero-order valence-electron chi connectivity index (χ0n) is 70.4. The van der Waals surface area contributed by atoms with Crippen molar-refractivity contribution in [3.8, 4) is 0 Å². The summed E-state index contributed by atoms with van der Waals surface area (Å²) in [5.74, 6) is 11.3. The van der Waals surface area contributed by atoms with Gasteiger partial charge in [0.25, 0.3) is 0 Å². The normalized spacial score (nSPS) is 47.6. The average molecular weight is 1510 g/mol. The Morgan fingerprint density at radius 1 is 0.537 bits per heavy atom. The molecule has 602 valence electrons. The van der Waals surface area contributed by atoms with E-state index in [1.54, 1.807) is 33.4 Å². The Kier molecular flexibility index (Phi) is 21.9. The van der Waals surface area contributed by atoms with Crippen molar-refractivity contribution in [2.45, 2.75) is 329 Å². The predicted molar refractivity (Wildman–Crippen MR) is 434 cm³/mol. The van der Waals surface area contributed by atoms with Gasteiger partial charge in [-0.1, -0.05) is 125 Å². The lowest BCUT2D eigenvalue weighted by Crippen LogP contribution is -2.53. The van der Waals surface area contributed by atoms with Gasteiger partial charge in [0.1, 0.15) is 0 Å². The zero-order chi connectivity index (χ0) is 76.3. The van der Waals surface area contributed by atoms with Crippen LogP contribution in [0.15, 0.2) is 68.4 Å². The molecule has 0 aromatic carbocycles. The monoisotopic (exact) mass is 1510 g/mol. The van der Waals surface area contributed by atoms with Gasteiger partial charge in [0.05, 0.1) is 47.0 Å². The molecule has 6 aliphatic heterocycles. The summed E-state index contributed by atoms with van der Waals surface area (Å²) in [5, 5.41) is 10.3. The first-order chi connectivity index (χ1) is 51.3. The maximum atomic E-state index is 12.3. The summed E-state index contributed by atoms with van der Waals surface area (Å²) in [7, 11) is 3.54. The highest BCUT2D eigenvalue weighted by Gasteiger charge is 2.64. The van der Waals surface area contributed by atoms with Crippen molar-refractivity contribution in [3.05, 3.63) is 68.4 Å². The molecular formula is C94H147N5O8S. The molecule has 3 spiro atoms. The Morgan fingerprint density at radius 2 is 0.963 bits per heavy atom. The highest BCUT2D eigenvalue weighted by molar-refractivity contribution is 7.89. The molecule has 6 saturated heterocycles. The van der Waals surface area contributed by atoms with Gasteiger partial charge in [-0.2, -0.15) is 0 Å². The third kappa shape index (κ3) is 13.8. The van der Waals surface area contributed by atoms with Crippen LogP contribution in [0.5, 0.6) is 0 Å². The van der Waals surface area contributed by atoms with Gasteiger partial charge in [-0.3, -0.25) is 19.4 Å². The fourth-order valence-corrected chi connectivity index (χ4v) is 31.4. The number of likely N-dealkylation sites (tertiary alicyclic amines) is 3. The SMILES string of the molecule is CC1=C2C[C@H]3[C@@H](CC=C4C[C@@H](O)CC[C@@]43C)[C@@H]2CC[C@@]2(C1)O[C@@H]1C[C@H](C)CN(C)[C@H]1[C@H]2C.CC1=C2C[C@H]3[C@@H](CCC4=CC(=O)CC[C@@]43C)[C@@H]2CC[C@@]2(C1)O[C@@H]1C[C@H](C)CN(CCN(C)C)[C@H]1[C@H]2C.CCCS(=O)(=O)NCCN1C[C@@H](C)C[C@H]2O[C@]3(CC[C@@H]4C(=C(C)C3)C[C@H]3[C@H]4CCC4=CC(=O)CC[C@@]43C)[C@H](C)[C@@H]21. The van der Waals surface area contributed by atoms with Crippen molar-refractivity contribution >= 4 is 21.6 Å². The number of likely N-dealkylation sites (N-methyl/N-ethyl adjacent to an activating group) is 2. The minimum atomic E-state index is -3.19. The molecule has 6 saturated carbocycles. The fourth-order valence-electron chi connectivity index (χ4n) is 30.3. The van der Waals surface area contributed by atoms with E-state index < -0.39 is 10.0 Å². The number of carbonyl (C=O) groups excluding carboxylic acids is 2. The van der Waals surface area contributed by atoms with Crippen LogP contribution in [0.4, 0.5) is 0 Å². The Hall–Kier alpha value is -2.63. The van der Waals surface area contributed by atoms with Crippen LogP contribution in [0.1, 0.15) is 270 Å². The standard InChI is InChI=1S/C33H52N2O4S.C32H50N2O2.C29H45NO2/c1-6-15-40(37,38)34-13-14-35-20-21(2)16-30-31(35)23(4)33(39-30)12-10-26-27-8-7-24-17-25(36)9-11-32(24,5)29(27)18-28(26)22(3)19-33;1-20-15-29-30(34(19-20)14-13-33(5)6)22(3)32(36-29)12-10-25-26-8-7-23-16-24(35)9-11-31(23,4)28(26)17-27(25)21(2)18-32;1-17-12-26-27(30(5)16-17)19(3)29(32-26)11-9-22-23-7-6-20-13-21(31)8-10-28(20,4)25(23)14-24(22)18(2)15-29/h17,21,23,26-27,29-31,34H,6-16,18-20H2,1-5H3;16,20,22,25-26,28-30H,7-15,17-19H2,1-6H3;6,17,19,21-23,25-27,31H,7-16H2,1-5H3/t21-,23+,26-,27-,29-,30+,31-,32-,33-;20-,22+,25-,26-,28-,29+,30-,31-,32-;17-,19+,21-,22-,23-,25-,26+,27-,28-,29-/m000/s1. The Bertz CT molecular complexity index is 3760. The highest BCUT2D eigenvalue weighted by Crippen LogP contribution is 2.69. The van der Waals surface area contributed by atoms with Gasteiger partial charge in [-0.25, -0.2) is 13.1 Å². The minimum Gasteiger partial charge on any atom is -0.393 e. The number of piperidine rings is 3. The molecule has 2 N–H and O–H groups in total. The fraction of sp³-hybridized carbons (Fsp3) is 0.851. The van der Waals surface area contributed by atoms with E-state index in [1.807, 2.05) is 24.6 Å². The molecule has 0 aromatic heterocycles. The minimum absolute atomic E-state index is 0.0214. The van der Waals surface area contributed by atoms with Gasteiger partial charge in [0, 0.05) is 94.5 Å². The van der Waals surface area contributed by atoms with E-state index in [2.05, 4.69) is 135 Å². The number of sulfonamides is 1. The molecule has 12 fully saturated rings. The van der Waals surface area contributed by atoms with Crippen LogP contribution in [-0.4, -0.2) is 177 Å². The molecule has 0 amide bonds. The number of fused-ring (bicyclic) bond motifs is 18. The van der Waals surface area contributed by atoms with Gasteiger partial charge >= 0.3 is 0 Å². The summed E-state index contributed by atoms with van der Waals surface area (Å²) in [6, 6.07) is 1.53. The molecule has 0 unspecified atom stereocenters. The van der Waals surface area contributed by atoms with E-state index in [0.717, 1.165) is 157 Å². The van der Waals surface area contributed by atoms with Crippen LogP contribution < -0.4 is 4.72 Å². The molecule has 6 heterocycles. The maximum absolute atomic E-state index is 12.3. The number of hydrogen-bond donors (Lipinski definition) is 2. The van der Waals surface area contributed by atoms with Gasteiger partial charge in [-0.05, 0) is 308 Å². The summed E-state index contributed by atoms with van der Waals surface area (Å²) in [6.45, 7) is 38.3. The van der Waals surface area contributed by atoms with Crippen molar-refractivity contribution in [1.29, 1.82) is 0 Å². The third-order valence-electron chi connectivity index (χ3n) is 35.7. The Morgan fingerprint density at radius 3 is 1.44 bits per heavy atom. The van der Waals surface area contributed by atoms with Crippen LogP contribution in [0.25, 0.3) is 0 Å². The number of nitrogens with zero attached hydrogens (tertiary/aromatic N) is 4. The predicted octanol–water partition coefficient (Wildman–Crippen LogP) is 17.3.